The zero-order chi connectivity index (χ0) is 18.6. The lowest BCUT2D eigenvalue weighted by Crippen LogP contribution is -2.37. The summed E-state index contributed by atoms with van der Waals surface area (Å²) >= 11 is 0. The van der Waals surface area contributed by atoms with Gasteiger partial charge in [0.15, 0.2) is 0 Å². The first-order valence-electron chi connectivity index (χ1n) is 8.07. The molecule has 0 unspecified atom stereocenters. The second-order valence-corrected chi connectivity index (χ2v) is 7.94. The highest BCUT2D eigenvalue weighted by Crippen LogP contribution is 2.28. The SMILES string of the molecule is Cc1cccc(N(CC(=O)OC(C)C)S(=O)(=O)c2ccccc2)c1C. The van der Waals surface area contributed by atoms with E-state index in [0.717, 1.165) is 15.4 Å². The van der Waals surface area contributed by atoms with Gasteiger partial charge in [0, 0.05) is 0 Å². The number of benzene rings is 2. The van der Waals surface area contributed by atoms with E-state index in [4.69, 9.17) is 4.74 Å². The van der Waals surface area contributed by atoms with Gasteiger partial charge in [0.25, 0.3) is 10.0 Å². The predicted octanol–water partition coefficient (Wildman–Crippen LogP) is 3.45. The van der Waals surface area contributed by atoms with Crippen molar-refractivity contribution < 1.29 is 17.9 Å². The van der Waals surface area contributed by atoms with E-state index in [1.54, 1.807) is 44.2 Å². The summed E-state index contributed by atoms with van der Waals surface area (Å²) in [6.45, 7) is 6.82. The fourth-order valence-electron chi connectivity index (χ4n) is 2.44. The maximum absolute atomic E-state index is 13.1. The Morgan fingerprint density at radius 1 is 1.04 bits per heavy atom. The number of nitrogens with zero attached hydrogens (tertiary/aromatic N) is 1. The van der Waals surface area contributed by atoms with Crippen molar-refractivity contribution in [2.45, 2.75) is 38.7 Å². The van der Waals surface area contributed by atoms with Crippen LogP contribution in [-0.2, 0) is 19.6 Å². The summed E-state index contributed by atoms with van der Waals surface area (Å²) in [5.74, 6) is -0.588. The number of carbonyl (C=O) groups excluding carboxylic acids is 1. The summed E-state index contributed by atoms with van der Waals surface area (Å²) in [7, 11) is -3.89. The average molecular weight is 361 g/mol. The Hall–Kier alpha value is -2.34. The van der Waals surface area contributed by atoms with E-state index in [-0.39, 0.29) is 17.5 Å². The molecule has 0 aliphatic heterocycles. The summed E-state index contributed by atoms with van der Waals surface area (Å²) in [4.78, 5) is 12.3. The van der Waals surface area contributed by atoms with Crippen molar-refractivity contribution in [3.63, 3.8) is 0 Å². The molecule has 0 aromatic heterocycles. The van der Waals surface area contributed by atoms with Crippen LogP contribution >= 0.6 is 0 Å². The van der Waals surface area contributed by atoms with Crippen LogP contribution in [0.3, 0.4) is 0 Å². The minimum absolute atomic E-state index is 0.133. The van der Waals surface area contributed by atoms with Crippen molar-refractivity contribution in [1.29, 1.82) is 0 Å². The highest BCUT2D eigenvalue weighted by Gasteiger charge is 2.29. The highest BCUT2D eigenvalue weighted by molar-refractivity contribution is 7.92. The third-order valence-corrected chi connectivity index (χ3v) is 5.59. The number of ether oxygens (including phenoxy) is 1. The molecule has 0 saturated carbocycles. The van der Waals surface area contributed by atoms with Crippen LogP contribution in [0, 0.1) is 13.8 Å². The van der Waals surface area contributed by atoms with Crippen LogP contribution in [0.2, 0.25) is 0 Å². The number of aryl methyl sites for hydroxylation is 1. The van der Waals surface area contributed by atoms with Gasteiger partial charge in [-0.2, -0.15) is 0 Å². The standard InChI is InChI=1S/C19H23NO4S/c1-14(2)24-19(21)13-20(18-12-8-9-15(3)16(18)4)25(22,23)17-10-6-5-7-11-17/h5-12,14H,13H2,1-4H3. The highest BCUT2D eigenvalue weighted by atomic mass is 32.2. The lowest BCUT2D eigenvalue weighted by atomic mass is 10.1. The maximum Gasteiger partial charge on any atom is 0.327 e. The molecule has 2 aromatic carbocycles. The molecule has 0 aliphatic carbocycles. The van der Waals surface area contributed by atoms with Crippen molar-refractivity contribution >= 4 is 21.7 Å². The van der Waals surface area contributed by atoms with Crippen LogP contribution in [0.25, 0.3) is 0 Å². The van der Waals surface area contributed by atoms with Gasteiger partial charge in [-0.1, -0.05) is 30.3 Å². The first-order chi connectivity index (χ1) is 11.7. The van der Waals surface area contributed by atoms with Crippen molar-refractivity contribution in [2.24, 2.45) is 0 Å². The smallest absolute Gasteiger partial charge is 0.327 e. The second kappa shape index (κ2) is 7.70. The Morgan fingerprint density at radius 3 is 2.28 bits per heavy atom. The van der Waals surface area contributed by atoms with Gasteiger partial charge in [-0.3, -0.25) is 9.10 Å². The molecule has 0 saturated heterocycles. The molecular formula is C19H23NO4S. The van der Waals surface area contributed by atoms with Crippen LogP contribution in [0.1, 0.15) is 25.0 Å². The largest absolute Gasteiger partial charge is 0.462 e. The fraction of sp³-hybridized carbons (Fsp3) is 0.316. The molecule has 2 aromatic rings. The lowest BCUT2D eigenvalue weighted by molar-refractivity contribution is -0.145. The Balaban J connectivity index is 2.53. The Labute approximate surface area is 149 Å². The van der Waals surface area contributed by atoms with Crippen LogP contribution in [0.4, 0.5) is 5.69 Å². The minimum atomic E-state index is -3.89. The molecule has 0 fully saturated rings. The van der Waals surface area contributed by atoms with Crippen LogP contribution in [0.15, 0.2) is 53.4 Å². The van der Waals surface area contributed by atoms with Crippen LogP contribution in [0.5, 0.6) is 0 Å². The lowest BCUT2D eigenvalue weighted by Gasteiger charge is -2.26. The van der Waals surface area contributed by atoms with E-state index in [9.17, 15) is 13.2 Å². The number of anilines is 1. The molecule has 5 nitrogen and oxygen atoms in total. The quantitative estimate of drug-likeness (QED) is 0.739. The van der Waals surface area contributed by atoms with Gasteiger partial charge < -0.3 is 4.74 Å². The van der Waals surface area contributed by atoms with E-state index in [1.807, 2.05) is 19.9 Å². The zero-order valence-corrected chi connectivity index (χ0v) is 15.7. The molecule has 0 heterocycles. The number of carbonyl (C=O) groups is 1. The predicted molar refractivity (Wildman–Crippen MR) is 98.1 cm³/mol. The molecule has 0 amide bonds. The van der Waals surface area contributed by atoms with Gasteiger partial charge in [-0.25, -0.2) is 8.42 Å². The first kappa shape index (κ1) is 19.0. The van der Waals surface area contributed by atoms with Gasteiger partial charge in [0.1, 0.15) is 6.54 Å². The first-order valence-corrected chi connectivity index (χ1v) is 9.51. The molecule has 0 bridgehead atoms. The topological polar surface area (TPSA) is 63.7 Å². The van der Waals surface area contributed by atoms with Crippen molar-refractivity contribution in [3.05, 3.63) is 59.7 Å². The molecule has 0 atom stereocenters. The summed E-state index contributed by atoms with van der Waals surface area (Å²) in [5, 5.41) is 0. The van der Waals surface area contributed by atoms with Crippen molar-refractivity contribution in [1.82, 2.24) is 0 Å². The van der Waals surface area contributed by atoms with Crippen molar-refractivity contribution in [2.75, 3.05) is 10.8 Å². The molecule has 6 heteroatoms. The third-order valence-electron chi connectivity index (χ3n) is 3.82. The van der Waals surface area contributed by atoms with Crippen LogP contribution < -0.4 is 4.31 Å². The van der Waals surface area contributed by atoms with E-state index in [0.29, 0.717) is 5.69 Å². The number of hydrogen-bond donors (Lipinski definition) is 0. The maximum atomic E-state index is 13.1. The number of rotatable bonds is 6. The van der Waals surface area contributed by atoms with Gasteiger partial charge in [-0.15, -0.1) is 0 Å². The fourth-order valence-corrected chi connectivity index (χ4v) is 3.93. The Bertz CT molecular complexity index is 845. The third kappa shape index (κ3) is 4.39. The van der Waals surface area contributed by atoms with Gasteiger partial charge in [0.05, 0.1) is 16.7 Å². The molecule has 134 valence electrons. The van der Waals surface area contributed by atoms with E-state index >= 15 is 0 Å². The van der Waals surface area contributed by atoms with E-state index in [1.165, 1.54) is 12.1 Å². The summed E-state index contributed by atoms with van der Waals surface area (Å²) in [6, 6.07) is 13.5. The molecule has 25 heavy (non-hydrogen) atoms. The summed E-state index contributed by atoms with van der Waals surface area (Å²) in [5.41, 5.74) is 2.23. The second-order valence-electron chi connectivity index (χ2n) is 6.08. The van der Waals surface area contributed by atoms with Crippen molar-refractivity contribution in [3.8, 4) is 0 Å². The number of hydrogen-bond acceptors (Lipinski definition) is 4. The van der Waals surface area contributed by atoms with Crippen LogP contribution in [-0.4, -0.2) is 27.0 Å². The molecular weight excluding hydrogens is 338 g/mol. The molecule has 0 N–H and O–H groups in total. The summed E-state index contributed by atoms with van der Waals surface area (Å²) in [6.07, 6.45) is -0.313. The zero-order valence-electron chi connectivity index (χ0n) is 14.9. The van der Waals surface area contributed by atoms with E-state index in [2.05, 4.69) is 0 Å². The van der Waals surface area contributed by atoms with E-state index < -0.39 is 16.0 Å². The molecule has 0 aliphatic rings. The average Bonchev–Trinajstić information content (AvgIpc) is 2.55. The summed E-state index contributed by atoms with van der Waals surface area (Å²) < 4.78 is 32.6. The molecule has 0 radical (unpaired) electrons. The number of esters is 1. The Morgan fingerprint density at radius 2 is 1.68 bits per heavy atom. The minimum Gasteiger partial charge on any atom is -0.462 e. The molecule has 2 rings (SSSR count). The van der Waals surface area contributed by atoms with Gasteiger partial charge >= 0.3 is 5.97 Å². The monoisotopic (exact) mass is 361 g/mol. The normalized spacial score (nSPS) is 11.4. The van der Waals surface area contributed by atoms with Gasteiger partial charge in [0.2, 0.25) is 0 Å². The molecule has 0 spiro atoms. The van der Waals surface area contributed by atoms with Gasteiger partial charge in [-0.05, 0) is 57.0 Å². The Kier molecular flexibility index (Phi) is 5.85. The number of sulfonamides is 1.